The summed E-state index contributed by atoms with van der Waals surface area (Å²) in [6.07, 6.45) is 2.58. The molecule has 0 spiro atoms. The van der Waals surface area contributed by atoms with Crippen molar-refractivity contribution in [2.45, 2.75) is 53.0 Å². The Morgan fingerprint density at radius 2 is 1.51 bits per heavy atom. The second kappa shape index (κ2) is 11.0. The highest BCUT2D eigenvalue weighted by atomic mass is 32.2. The molecule has 0 radical (unpaired) electrons. The van der Waals surface area contributed by atoms with Gasteiger partial charge < -0.3 is 14.4 Å². The van der Waals surface area contributed by atoms with E-state index >= 15 is 0 Å². The number of ether oxygens (including phenoxy) is 2. The molecular weight excluding hydrogens is 498 g/mol. The maximum atomic E-state index is 14.2. The zero-order valence-electron chi connectivity index (χ0n) is 22.0. The van der Waals surface area contributed by atoms with E-state index in [1.54, 1.807) is 14.2 Å². The van der Waals surface area contributed by atoms with Gasteiger partial charge in [-0.15, -0.1) is 23.5 Å². The average Bonchev–Trinajstić information content (AvgIpc) is 2.93. The summed E-state index contributed by atoms with van der Waals surface area (Å²) in [6, 6.07) is 25.4. The Morgan fingerprint density at radius 1 is 0.946 bits per heavy atom. The van der Waals surface area contributed by atoms with Crippen LogP contribution >= 0.6 is 23.5 Å². The quantitative estimate of drug-likeness (QED) is 0.225. The zero-order chi connectivity index (χ0) is 26.0. The van der Waals surface area contributed by atoms with Gasteiger partial charge in [-0.25, -0.2) is 0 Å². The third-order valence-corrected chi connectivity index (χ3v) is 10.7. The number of rotatable bonds is 8. The molecule has 0 aromatic heterocycles. The van der Waals surface area contributed by atoms with E-state index in [-0.39, 0.29) is 22.3 Å². The first-order valence-corrected chi connectivity index (χ1v) is 14.7. The molecule has 3 aromatic rings. The van der Waals surface area contributed by atoms with Crippen LogP contribution in [0, 0.1) is 11.8 Å². The minimum atomic E-state index is -0.396. The fourth-order valence-electron chi connectivity index (χ4n) is 6.04. The Balaban J connectivity index is 1.57. The topological polar surface area (TPSA) is 38.8 Å². The predicted molar refractivity (Wildman–Crippen MR) is 153 cm³/mol. The van der Waals surface area contributed by atoms with Gasteiger partial charge in [-0.05, 0) is 79.6 Å². The Hall–Kier alpha value is -2.57. The summed E-state index contributed by atoms with van der Waals surface area (Å²) in [5.74, 6) is 1.95. The molecule has 1 saturated heterocycles. The standard InChI is InChI=1S/C31H35NO3S2/c1-5-24-25(30(36-22-12-8-6-9-13-22)37-23-14-10-7-11-15-23)20-31(2)26-19-28(35-4)27(34-3)18-21(26)16-17-32(31)29(24)33/h6-15,18-19,24-25,30H,5,16-17,20H2,1-4H3/t24-,25+,31+/m0/s1. The van der Waals surface area contributed by atoms with Gasteiger partial charge in [0.05, 0.1) is 24.3 Å². The largest absolute Gasteiger partial charge is 0.493 e. The number of carbonyl (C=O) groups excluding carboxylic acids is 1. The van der Waals surface area contributed by atoms with Crippen LogP contribution in [0.1, 0.15) is 37.8 Å². The van der Waals surface area contributed by atoms with E-state index in [0.717, 1.165) is 37.3 Å². The molecule has 2 aliphatic rings. The van der Waals surface area contributed by atoms with Crippen LogP contribution in [0.25, 0.3) is 0 Å². The molecule has 0 unspecified atom stereocenters. The Labute approximate surface area is 229 Å². The summed E-state index contributed by atoms with van der Waals surface area (Å²) in [5.41, 5.74) is 2.05. The first-order chi connectivity index (χ1) is 18.0. The van der Waals surface area contributed by atoms with E-state index < -0.39 is 5.54 Å². The molecule has 37 heavy (non-hydrogen) atoms. The van der Waals surface area contributed by atoms with Crippen LogP contribution in [-0.4, -0.2) is 36.2 Å². The van der Waals surface area contributed by atoms with Crippen LogP contribution in [-0.2, 0) is 16.8 Å². The van der Waals surface area contributed by atoms with Crippen molar-refractivity contribution in [2.75, 3.05) is 20.8 Å². The first kappa shape index (κ1) is 26.1. The van der Waals surface area contributed by atoms with Gasteiger partial charge in [0.15, 0.2) is 11.5 Å². The number of carbonyl (C=O) groups is 1. The normalized spacial score (nSPS) is 22.9. The minimum Gasteiger partial charge on any atom is -0.493 e. The Kier molecular flexibility index (Phi) is 7.77. The lowest BCUT2D eigenvalue weighted by molar-refractivity contribution is -0.152. The molecular formula is C31H35NO3S2. The first-order valence-electron chi connectivity index (χ1n) is 13.0. The Morgan fingerprint density at radius 3 is 2.05 bits per heavy atom. The number of amides is 1. The van der Waals surface area contributed by atoms with Crippen LogP contribution in [0.3, 0.4) is 0 Å². The van der Waals surface area contributed by atoms with Crippen LogP contribution in [0.2, 0.25) is 0 Å². The second-order valence-corrected chi connectivity index (χ2v) is 12.7. The predicted octanol–water partition coefficient (Wildman–Crippen LogP) is 7.26. The lowest BCUT2D eigenvalue weighted by Crippen LogP contribution is -2.60. The van der Waals surface area contributed by atoms with Crippen molar-refractivity contribution in [3.8, 4) is 11.5 Å². The molecule has 1 amide bonds. The van der Waals surface area contributed by atoms with Crippen molar-refractivity contribution in [1.29, 1.82) is 0 Å². The number of hydrogen-bond donors (Lipinski definition) is 0. The van der Waals surface area contributed by atoms with Crippen molar-refractivity contribution in [3.63, 3.8) is 0 Å². The smallest absolute Gasteiger partial charge is 0.226 e. The summed E-state index contributed by atoms with van der Waals surface area (Å²) < 4.78 is 11.5. The highest BCUT2D eigenvalue weighted by Gasteiger charge is 2.53. The third-order valence-electron chi connectivity index (χ3n) is 7.90. The molecule has 4 nitrogen and oxygen atoms in total. The van der Waals surface area contributed by atoms with Gasteiger partial charge in [-0.1, -0.05) is 43.3 Å². The van der Waals surface area contributed by atoms with Crippen molar-refractivity contribution in [1.82, 2.24) is 4.90 Å². The molecule has 1 fully saturated rings. The number of fused-ring (bicyclic) bond motifs is 3. The van der Waals surface area contributed by atoms with Crippen molar-refractivity contribution in [3.05, 3.63) is 83.9 Å². The van der Waals surface area contributed by atoms with Crippen LogP contribution in [0.15, 0.2) is 82.6 Å². The van der Waals surface area contributed by atoms with Gasteiger partial charge in [-0.3, -0.25) is 4.79 Å². The third kappa shape index (κ3) is 4.98. The second-order valence-electron chi connectivity index (χ2n) is 9.99. The molecule has 0 aliphatic carbocycles. The van der Waals surface area contributed by atoms with Gasteiger partial charge in [-0.2, -0.15) is 0 Å². The highest BCUT2D eigenvalue weighted by Crippen LogP contribution is 2.54. The number of piperidine rings is 1. The van der Waals surface area contributed by atoms with Crippen LogP contribution < -0.4 is 9.47 Å². The molecule has 194 valence electrons. The van der Waals surface area contributed by atoms with Gasteiger partial charge in [0.2, 0.25) is 5.91 Å². The molecule has 0 bridgehead atoms. The lowest BCUT2D eigenvalue weighted by atomic mass is 9.68. The van der Waals surface area contributed by atoms with Crippen molar-refractivity contribution < 1.29 is 14.3 Å². The number of nitrogens with zero attached hydrogens (tertiary/aromatic N) is 1. The summed E-state index contributed by atoms with van der Waals surface area (Å²) >= 11 is 3.78. The monoisotopic (exact) mass is 533 g/mol. The summed E-state index contributed by atoms with van der Waals surface area (Å²) in [5, 5.41) is 0. The summed E-state index contributed by atoms with van der Waals surface area (Å²) in [4.78, 5) is 18.8. The van der Waals surface area contributed by atoms with Crippen LogP contribution in [0.4, 0.5) is 0 Å². The molecule has 0 saturated carbocycles. The maximum absolute atomic E-state index is 14.2. The van der Waals surface area contributed by atoms with Gasteiger partial charge in [0, 0.05) is 22.3 Å². The van der Waals surface area contributed by atoms with E-state index in [0.29, 0.717) is 0 Å². The molecule has 0 N–H and O–H groups in total. The zero-order valence-corrected chi connectivity index (χ0v) is 23.6. The molecule has 3 atom stereocenters. The van der Waals surface area contributed by atoms with E-state index in [4.69, 9.17) is 9.47 Å². The van der Waals surface area contributed by atoms with E-state index in [1.165, 1.54) is 20.9 Å². The SMILES string of the molecule is CC[C@@H]1C(=O)N2CCc3cc(OC)c(OC)cc3[C@@]2(C)C[C@H]1C(Sc1ccccc1)Sc1ccccc1. The van der Waals surface area contributed by atoms with Gasteiger partial charge in [0.25, 0.3) is 0 Å². The fraction of sp³-hybridized carbons (Fsp3) is 0.387. The van der Waals surface area contributed by atoms with E-state index in [2.05, 4.69) is 91.5 Å². The number of benzene rings is 3. The summed E-state index contributed by atoms with van der Waals surface area (Å²) in [7, 11) is 3.36. The number of hydrogen-bond acceptors (Lipinski definition) is 5. The Bertz CT molecular complexity index is 1190. The molecule has 5 rings (SSSR count). The van der Waals surface area contributed by atoms with Crippen molar-refractivity contribution in [2.24, 2.45) is 11.8 Å². The number of thioether (sulfide) groups is 2. The molecule has 6 heteroatoms. The van der Waals surface area contributed by atoms with Gasteiger partial charge in [0.1, 0.15) is 0 Å². The highest BCUT2D eigenvalue weighted by molar-refractivity contribution is 8.17. The van der Waals surface area contributed by atoms with Crippen molar-refractivity contribution >= 4 is 29.4 Å². The maximum Gasteiger partial charge on any atom is 0.226 e. The average molecular weight is 534 g/mol. The summed E-state index contributed by atoms with van der Waals surface area (Å²) in [6.45, 7) is 5.16. The lowest BCUT2D eigenvalue weighted by Gasteiger charge is -2.54. The van der Waals surface area contributed by atoms with E-state index in [9.17, 15) is 4.79 Å². The molecule has 3 aromatic carbocycles. The van der Waals surface area contributed by atoms with E-state index in [1.807, 2.05) is 23.5 Å². The molecule has 2 heterocycles. The minimum absolute atomic E-state index is 0.00723. The number of methoxy groups -OCH3 is 2. The fourth-order valence-corrected chi connectivity index (χ4v) is 8.99. The molecule has 2 aliphatic heterocycles. The van der Waals surface area contributed by atoms with Crippen LogP contribution in [0.5, 0.6) is 11.5 Å². The van der Waals surface area contributed by atoms with Gasteiger partial charge >= 0.3 is 0 Å².